The molecule has 1 aromatic rings. The van der Waals surface area contributed by atoms with Crippen LogP contribution < -0.4 is 5.32 Å². The molecule has 1 saturated carbocycles. The van der Waals surface area contributed by atoms with E-state index in [0.29, 0.717) is 22.1 Å². The van der Waals surface area contributed by atoms with Gasteiger partial charge in [-0.3, -0.25) is 9.59 Å². The normalized spacial score (nSPS) is 19.9. The third kappa shape index (κ3) is 6.20. The topological polar surface area (TPSA) is 72.5 Å². The molecule has 0 aliphatic heterocycles. The van der Waals surface area contributed by atoms with Gasteiger partial charge >= 0.3 is 5.97 Å². The molecule has 0 heterocycles. The predicted octanol–water partition coefficient (Wildman–Crippen LogP) is 3.22. The summed E-state index contributed by atoms with van der Waals surface area (Å²) >= 11 is 1.30. The lowest BCUT2D eigenvalue weighted by Crippen LogP contribution is -2.42. The first kappa shape index (κ1) is 19.5. The van der Waals surface area contributed by atoms with Crippen molar-refractivity contribution in [1.29, 1.82) is 0 Å². The third-order valence-electron chi connectivity index (χ3n) is 4.33. The number of carbonyl (C=O) groups is 3. The Morgan fingerprint density at radius 2 is 1.92 bits per heavy atom. The standard InChI is InChI=1S/C19H25NO4S/c1-13-7-3-5-9-16(13)20-18(22)11-24-19(23)15-8-4-6-10-17(15)25-12-14(2)21/h4,6,8,10,13,16H,3,5,7,9,11-12H2,1-2H3,(H,20,22)/t13-,16+/m0/s1. The second-order valence-electron chi connectivity index (χ2n) is 6.50. The average molecular weight is 363 g/mol. The highest BCUT2D eigenvalue weighted by atomic mass is 32.2. The number of esters is 1. The number of rotatable bonds is 7. The summed E-state index contributed by atoms with van der Waals surface area (Å²) in [5, 5.41) is 2.96. The van der Waals surface area contributed by atoms with Gasteiger partial charge in [0.2, 0.25) is 0 Å². The summed E-state index contributed by atoms with van der Waals surface area (Å²) < 4.78 is 5.16. The van der Waals surface area contributed by atoms with E-state index in [-0.39, 0.29) is 24.3 Å². The first-order chi connectivity index (χ1) is 12.0. The number of hydrogen-bond acceptors (Lipinski definition) is 5. The Balaban J connectivity index is 1.87. The van der Waals surface area contributed by atoms with Crippen LogP contribution in [-0.4, -0.2) is 36.1 Å². The van der Waals surface area contributed by atoms with Crippen LogP contribution in [0.2, 0.25) is 0 Å². The van der Waals surface area contributed by atoms with Crippen molar-refractivity contribution in [2.45, 2.75) is 50.5 Å². The molecule has 2 atom stereocenters. The predicted molar refractivity (Wildman–Crippen MR) is 97.7 cm³/mol. The van der Waals surface area contributed by atoms with Crippen LogP contribution in [0.3, 0.4) is 0 Å². The summed E-state index contributed by atoms with van der Waals surface area (Å²) in [4.78, 5) is 36.1. The molecule has 0 saturated heterocycles. The molecule has 1 amide bonds. The Labute approximate surface area is 152 Å². The van der Waals surface area contributed by atoms with Gasteiger partial charge in [0.15, 0.2) is 6.61 Å². The van der Waals surface area contributed by atoms with E-state index >= 15 is 0 Å². The van der Waals surface area contributed by atoms with E-state index in [1.165, 1.54) is 25.1 Å². The molecule has 0 bridgehead atoms. The molecule has 1 aliphatic carbocycles. The lowest BCUT2D eigenvalue weighted by atomic mass is 9.86. The summed E-state index contributed by atoms with van der Waals surface area (Å²) in [6.07, 6.45) is 4.42. The Kier molecular flexibility index (Phi) is 7.50. The van der Waals surface area contributed by atoms with Gasteiger partial charge in [0, 0.05) is 10.9 Å². The van der Waals surface area contributed by atoms with Crippen LogP contribution in [-0.2, 0) is 14.3 Å². The molecule has 1 aromatic carbocycles. The number of nitrogens with one attached hydrogen (secondary N) is 1. The molecule has 0 unspecified atom stereocenters. The number of amides is 1. The van der Waals surface area contributed by atoms with Crippen LogP contribution in [0.25, 0.3) is 0 Å². The number of thioether (sulfide) groups is 1. The maximum absolute atomic E-state index is 12.3. The molecule has 1 N–H and O–H groups in total. The zero-order valence-electron chi connectivity index (χ0n) is 14.7. The van der Waals surface area contributed by atoms with E-state index in [0.717, 1.165) is 19.3 Å². The van der Waals surface area contributed by atoms with E-state index in [9.17, 15) is 14.4 Å². The fourth-order valence-electron chi connectivity index (χ4n) is 2.93. The number of carbonyl (C=O) groups excluding carboxylic acids is 3. The van der Waals surface area contributed by atoms with Crippen molar-refractivity contribution in [3.8, 4) is 0 Å². The molecular formula is C19H25NO4S. The van der Waals surface area contributed by atoms with Gasteiger partial charge < -0.3 is 10.1 Å². The van der Waals surface area contributed by atoms with Crippen molar-refractivity contribution in [3.63, 3.8) is 0 Å². The number of hydrogen-bond donors (Lipinski definition) is 1. The molecule has 1 aliphatic rings. The van der Waals surface area contributed by atoms with Crippen LogP contribution >= 0.6 is 11.8 Å². The van der Waals surface area contributed by atoms with Crippen LogP contribution in [0.1, 0.15) is 49.9 Å². The minimum atomic E-state index is -0.543. The SMILES string of the molecule is CC(=O)CSc1ccccc1C(=O)OCC(=O)N[C@@H]1CCCC[C@@H]1C. The molecule has 0 radical (unpaired) electrons. The molecule has 1 fully saturated rings. The fourth-order valence-corrected chi connectivity index (χ4v) is 3.77. The van der Waals surface area contributed by atoms with Gasteiger partial charge in [-0.05, 0) is 37.8 Å². The second-order valence-corrected chi connectivity index (χ2v) is 7.52. The van der Waals surface area contributed by atoms with E-state index in [4.69, 9.17) is 4.74 Å². The molecule has 25 heavy (non-hydrogen) atoms. The van der Waals surface area contributed by atoms with Gasteiger partial charge in [0.05, 0.1) is 11.3 Å². The van der Waals surface area contributed by atoms with Crippen LogP contribution in [0.4, 0.5) is 0 Å². The third-order valence-corrected chi connectivity index (χ3v) is 5.55. The molecule has 0 aromatic heterocycles. The van der Waals surface area contributed by atoms with E-state index in [1.807, 2.05) is 0 Å². The fraction of sp³-hybridized carbons (Fsp3) is 0.526. The molecule has 5 nitrogen and oxygen atoms in total. The summed E-state index contributed by atoms with van der Waals surface area (Å²) in [5.41, 5.74) is 0.382. The van der Waals surface area contributed by atoms with Crippen molar-refractivity contribution in [3.05, 3.63) is 29.8 Å². The Morgan fingerprint density at radius 3 is 2.64 bits per heavy atom. The molecular weight excluding hydrogens is 338 g/mol. The molecule has 6 heteroatoms. The van der Waals surface area contributed by atoms with Crippen molar-refractivity contribution >= 4 is 29.4 Å². The van der Waals surface area contributed by atoms with Crippen molar-refractivity contribution in [1.82, 2.24) is 5.32 Å². The Hall–Kier alpha value is -1.82. The zero-order valence-corrected chi connectivity index (χ0v) is 15.6. The van der Waals surface area contributed by atoms with Crippen LogP contribution in [0, 0.1) is 5.92 Å². The minimum absolute atomic E-state index is 0.0362. The van der Waals surface area contributed by atoms with Gasteiger partial charge in [-0.15, -0.1) is 11.8 Å². The number of benzene rings is 1. The highest BCUT2D eigenvalue weighted by Crippen LogP contribution is 2.24. The number of ether oxygens (including phenoxy) is 1. The summed E-state index contributed by atoms with van der Waals surface area (Å²) in [6.45, 7) is 3.36. The van der Waals surface area contributed by atoms with Crippen molar-refractivity contribution in [2.24, 2.45) is 5.92 Å². The molecule has 136 valence electrons. The van der Waals surface area contributed by atoms with Gasteiger partial charge in [-0.1, -0.05) is 31.9 Å². The van der Waals surface area contributed by atoms with Crippen molar-refractivity contribution < 1.29 is 19.1 Å². The average Bonchev–Trinajstić information content (AvgIpc) is 2.60. The molecule has 2 rings (SSSR count). The summed E-state index contributed by atoms with van der Waals surface area (Å²) in [7, 11) is 0. The van der Waals surface area contributed by atoms with Gasteiger partial charge in [-0.25, -0.2) is 4.79 Å². The van der Waals surface area contributed by atoms with E-state index in [2.05, 4.69) is 12.2 Å². The van der Waals surface area contributed by atoms with Crippen LogP contribution in [0.15, 0.2) is 29.2 Å². The number of ketones is 1. The minimum Gasteiger partial charge on any atom is -0.452 e. The van der Waals surface area contributed by atoms with Gasteiger partial charge in [-0.2, -0.15) is 0 Å². The van der Waals surface area contributed by atoms with Crippen LogP contribution in [0.5, 0.6) is 0 Å². The summed E-state index contributed by atoms with van der Waals surface area (Å²) in [5.74, 6) is -0.0182. The highest BCUT2D eigenvalue weighted by Gasteiger charge is 2.23. The van der Waals surface area contributed by atoms with Gasteiger partial charge in [0.1, 0.15) is 5.78 Å². The first-order valence-electron chi connectivity index (χ1n) is 8.65. The first-order valence-corrected chi connectivity index (χ1v) is 9.63. The quantitative estimate of drug-likeness (QED) is 0.595. The summed E-state index contributed by atoms with van der Waals surface area (Å²) in [6, 6.07) is 7.12. The monoisotopic (exact) mass is 363 g/mol. The largest absolute Gasteiger partial charge is 0.452 e. The Bertz CT molecular complexity index is 632. The Morgan fingerprint density at radius 1 is 1.20 bits per heavy atom. The van der Waals surface area contributed by atoms with E-state index < -0.39 is 5.97 Å². The maximum atomic E-state index is 12.3. The number of Topliss-reactive ketones (excluding diaryl/α,β-unsaturated/α-hetero) is 1. The molecule has 0 spiro atoms. The highest BCUT2D eigenvalue weighted by molar-refractivity contribution is 8.00. The lowest BCUT2D eigenvalue weighted by Gasteiger charge is -2.29. The lowest BCUT2D eigenvalue weighted by molar-refractivity contribution is -0.125. The zero-order chi connectivity index (χ0) is 18.2. The smallest absolute Gasteiger partial charge is 0.339 e. The van der Waals surface area contributed by atoms with Gasteiger partial charge in [0.25, 0.3) is 5.91 Å². The second kappa shape index (κ2) is 9.61. The van der Waals surface area contributed by atoms with Crippen molar-refractivity contribution in [2.75, 3.05) is 12.4 Å². The maximum Gasteiger partial charge on any atom is 0.339 e. The van der Waals surface area contributed by atoms with E-state index in [1.54, 1.807) is 24.3 Å².